The molecular weight excluding hydrogens is 332 g/mol. The van der Waals surface area contributed by atoms with E-state index in [1.165, 1.54) is 6.20 Å². The second-order valence-corrected chi connectivity index (χ2v) is 5.57. The lowest BCUT2D eigenvalue weighted by molar-refractivity contribution is 0.100. The minimum absolute atomic E-state index is 0.242. The van der Waals surface area contributed by atoms with Crippen LogP contribution >= 0.6 is 0 Å². The maximum Gasteiger partial charge on any atom is 0.254 e. The van der Waals surface area contributed by atoms with Gasteiger partial charge in [-0.25, -0.2) is 4.98 Å². The number of aromatic nitrogens is 5. The summed E-state index contributed by atoms with van der Waals surface area (Å²) < 4.78 is 1.78. The summed E-state index contributed by atoms with van der Waals surface area (Å²) in [4.78, 5) is 24.2. The number of amides is 1. The molecule has 0 unspecified atom stereocenters. The molecule has 0 aromatic carbocycles. The second-order valence-electron chi connectivity index (χ2n) is 5.57. The highest BCUT2D eigenvalue weighted by molar-refractivity contribution is 5.97. The van der Waals surface area contributed by atoms with E-state index in [4.69, 9.17) is 5.73 Å². The van der Waals surface area contributed by atoms with Gasteiger partial charge < -0.3 is 16.4 Å². The summed E-state index contributed by atoms with van der Waals surface area (Å²) in [6, 6.07) is 3.87. The lowest BCUT2D eigenvalue weighted by Crippen LogP contribution is -2.18. The molecule has 0 fully saturated rings. The molecule has 0 aliphatic rings. The van der Waals surface area contributed by atoms with Gasteiger partial charge in [0.2, 0.25) is 5.95 Å². The molecule has 0 aliphatic carbocycles. The second kappa shape index (κ2) is 8.06. The zero-order valence-corrected chi connectivity index (χ0v) is 14.4. The number of nitrogens with one attached hydrogen (secondary N) is 2. The lowest BCUT2D eigenvalue weighted by Gasteiger charge is -2.11. The Morgan fingerprint density at radius 1 is 1.31 bits per heavy atom. The number of rotatable bonds is 8. The minimum atomic E-state index is -0.584. The van der Waals surface area contributed by atoms with Crippen molar-refractivity contribution in [3.63, 3.8) is 0 Å². The third kappa shape index (κ3) is 4.32. The summed E-state index contributed by atoms with van der Waals surface area (Å²) in [5.74, 6) is 0.163. The van der Waals surface area contributed by atoms with Crippen LogP contribution in [0.5, 0.6) is 0 Å². The highest BCUT2D eigenvalue weighted by Crippen LogP contribution is 2.17. The molecule has 3 aromatic rings. The summed E-state index contributed by atoms with van der Waals surface area (Å²) in [6.45, 7) is 3.35. The zero-order valence-electron chi connectivity index (χ0n) is 14.4. The monoisotopic (exact) mass is 352 g/mol. The minimum Gasteiger partial charge on any atom is -0.369 e. The molecule has 3 heterocycles. The van der Waals surface area contributed by atoms with E-state index in [9.17, 15) is 4.79 Å². The van der Waals surface area contributed by atoms with Crippen LogP contribution in [0, 0.1) is 0 Å². The number of hydrogen-bond acceptors (Lipinski definition) is 7. The average Bonchev–Trinajstić information content (AvgIpc) is 3.10. The predicted octanol–water partition coefficient (Wildman–Crippen LogP) is 1.59. The SMILES string of the molecule is CCn1cc(Nc2ncc(C(N)=O)c(NCCc3cccnc3)n2)cn1. The van der Waals surface area contributed by atoms with E-state index < -0.39 is 5.91 Å². The Morgan fingerprint density at radius 3 is 2.88 bits per heavy atom. The molecule has 0 atom stereocenters. The lowest BCUT2D eigenvalue weighted by atomic mass is 10.2. The number of pyridine rings is 1. The number of primary amides is 1. The summed E-state index contributed by atoms with van der Waals surface area (Å²) in [5, 5.41) is 10.4. The number of nitrogens with zero attached hydrogens (tertiary/aromatic N) is 5. The van der Waals surface area contributed by atoms with Crippen LogP contribution in [0.15, 0.2) is 43.1 Å². The van der Waals surface area contributed by atoms with Gasteiger partial charge in [0.15, 0.2) is 0 Å². The van der Waals surface area contributed by atoms with Crippen LogP contribution in [-0.4, -0.2) is 37.2 Å². The van der Waals surface area contributed by atoms with E-state index in [0.29, 0.717) is 18.3 Å². The van der Waals surface area contributed by atoms with Crippen molar-refractivity contribution in [3.8, 4) is 0 Å². The summed E-state index contributed by atoms with van der Waals surface area (Å²) in [7, 11) is 0. The largest absolute Gasteiger partial charge is 0.369 e. The Morgan fingerprint density at radius 2 is 2.19 bits per heavy atom. The third-order valence-corrected chi connectivity index (χ3v) is 3.70. The molecule has 0 aliphatic heterocycles. The Bertz CT molecular complexity index is 877. The molecule has 0 radical (unpaired) electrons. The van der Waals surface area contributed by atoms with Crippen LogP contribution in [0.4, 0.5) is 17.5 Å². The van der Waals surface area contributed by atoms with E-state index in [1.807, 2.05) is 25.3 Å². The fourth-order valence-corrected chi connectivity index (χ4v) is 2.36. The summed E-state index contributed by atoms with van der Waals surface area (Å²) in [6.07, 6.45) is 9.21. The fraction of sp³-hybridized carbons (Fsp3) is 0.235. The highest BCUT2D eigenvalue weighted by atomic mass is 16.1. The van der Waals surface area contributed by atoms with Gasteiger partial charge in [-0.05, 0) is 25.0 Å². The fourth-order valence-electron chi connectivity index (χ4n) is 2.36. The van der Waals surface area contributed by atoms with Gasteiger partial charge in [-0.15, -0.1) is 0 Å². The molecule has 1 amide bonds. The Balaban J connectivity index is 1.72. The number of hydrogen-bond donors (Lipinski definition) is 3. The van der Waals surface area contributed by atoms with E-state index in [-0.39, 0.29) is 5.56 Å². The van der Waals surface area contributed by atoms with Gasteiger partial charge in [-0.2, -0.15) is 10.1 Å². The van der Waals surface area contributed by atoms with Gasteiger partial charge in [0, 0.05) is 37.9 Å². The highest BCUT2D eigenvalue weighted by Gasteiger charge is 2.12. The number of aryl methyl sites for hydroxylation is 1. The molecule has 0 spiro atoms. The van der Waals surface area contributed by atoms with Crippen molar-refractivity contribution < 1.29 is 4.79 Å². The first-order valence-electron chi connectivity index (χ1n) is 8.25. The van der Waals surface area contributed by atoms with Crippen molar-refractivity contribution >= 4 is 23.4 Å². The van der Waals surface area contributed by atoms with Gasteiger partial charge in [-0.1, -0.05) is 6.07 Å². The average molecular weight is 352 g/mol. The number of carbonyl (C=O) groups is 1. The van der Waals surface area contributed by atoms with Crippen molar-refractivity contribution in [1.82, 2.24) is 24.7 Å². The zero-order chi connectivity index (χ0) is 18.4. The van der Waals surface area contributed by atoms with E-state index in [1.54, 1.807) is 23.3 Å². The predicted molar refractivity (Wildman–Crippen MR) is 98.2 cm³/mol. The number of carbonyl (C=O) groups excluding carboxylic acids is 1. The van der Waals surface area contributed by atoms with Crippen molar-refractivity contribution in [2.24, 2.45) is 5.73 Å². The molecule has 0 saturated heterocycles. The molecule has 3 aromatic heterocycles. The van der Waals surface area contributed by atoms with E-state index >= 15 is 0 Å². The standard InChI is InChI=1S/C17H20N8O/c1-2-25-11-13(9-22-25)23-17-21-10-14(15(18)26)16(24-17)20-7-5-12-4-3-6-19-8-12/h3-4,6,8-11H,2,5,7H2,1H3,(H2,18,26)(H2,20,21,23,24). The molecule has 9 heteroatoms. The first kappa shape index (κ1) is 17.3. The van der Waals surface area contributed by atoms with Crippen LogP contribution in [0.3, 0.4) is 0 Å². The smallest absolute Gasteiger partial charge is 0.254 e. The first-order chi connectivity index (χ1) is 12.7. The van der Waals surface area contributed by atoms with Gasteiger partial charge in [0.1, 0.15) is 5.82 Å². The topological polar surface area (TPSA) is 124 Å². The number of nitrogens with two attached hydrogens (primary N) is 1. The molecular formula is C17H20N8O. The van der Waals surface area contributed by atoms with Gasteiger partial charge >= 0.3 is 0 Å². The maximum absolute atomic E-state index is 11.6. The van der Waals surface area contributed by atoms with Crippen LogP contribution in [0.2, 0.25) is 0 Å². The summed E-state index contributed by atoms with van der Waals surface area (Å²) >= 11 is 0. The van der Waals surface area contributed by atoms with Crippen LogP contribution in [-0.2, 0) is 13.0 Å². The van der Waals surface area contributed by atoms with Gasteiger partial charge in [-0.3, -0.25) is 14.5 Å². The van der Waals surface area contributed by atoms with Crippen LogP contribution in [0.1, 0.15) is 22.8 Å². The maximum atomic E-state index is 11.6. The quantitative estimate of drug-likeness (QED) is 0.562. The molecule has 3 rings (SSSR count). The van der Waals surface area contributed by atoms with Crippen molar-refractivity contribution in [2.45, 2.75) is 19.9 Å². The Kier molecular flexibility index (Phi) is 5.37. The molecule has 9 nitrogen and oxygen atoms in total. The van der Waals surface area contributed by atoms with E-state index in [2.05, 4.69) is 30.7 Å². The van der Waals surface area contributed by atoms with Crippen LogP contribution in [0.25, 0.3) is 0 Å². The number of anilines is 3. The molecule has 0 saturated carbocycles. The molecule has 0 bridgehead atoms. The van der Waals surface area contributed by atoms with Gasteiger partial charge in [0.25, 0.3) is 5.91 Å². The Labute approximate surface area is 150 Å². The van der Waals surface area contributed by atoms with Crippen molar-refractivity contribution in [1.29, 1.82) is 0 Å². The van der Waals surface area contributed by atoms with Crippen molar-refractivity contribution in [2.75, 3.05) is 17.2 Å². The van der Waals surface area contributed by atoms with Crippen LogP contribution < -0.4 is 16.4 Å². The van der Waals surface area contributed by atoms with E-state index in [0.717, 1.165) is 24.2 Å². The summed E-state index contributed by atoms with van der Waals surface area (Å²) in [5.41, 5.74) is 7.51. The molecule has 134 valence electrons. The normalized spacial score (nSPS) is 10.5. The first-order valence-corrected chi connectivity index (χ1v) is 8.25. The third-order valence-electron chi connectivity index (χ3n) is 3.70. The molecule has 26 heavy (non-hydrogen) atoms. The Hall–Kier alpha value is -3.49. The van der Waals surface area contributed by atoms with Gasteiger partial charge in [0.05, 0.1) is 17.4 Å². The van der Waals surface area contributed by atoms with Crippen molar-refractivity contribution in [3.05, 3.63) is 54.2 Å². The molecule has 4 N–H and O–H groups in total.